The van der Waals surface area contributed by atoms with Crippen LogP contribution < -0.4 is 10.3 Å². The van der Waals surface area contributed by atoms with E-state index in [0.29, 0.717) is 16.6 Å². The van der Waals surface area contributed by atoms with Crippen LogP contribution in [0.25, 0.3) is 27.5 Å². The molecule has 4 rings (SSSR count). The zero-order valence-corrected chi connectivity index (χ0v) is 12.4. The van der Waals surface area contributed by atoms with Gasteiger partial charge in [-0.25, -0.2) is 4.98 Å². The third kappa shape index (κ3) is 2.23. The second-order valence-corrected chi connectivity index (χ2v) is 5.17. The first-order valence-electron chi connectivity index (χ1n) is 7.18. The Bertz CT molecular complexity index is 1070. The Morgan fingerprint density at radius 1 is 1.00 bits per heavy atom. The van der Waals surface area contributed by atoms with E-state index in [-0.39, 0.29) is 5.56 Å². The van der Waals surface area contributed by atoms with E-state index in [1.165, 1.54) is 4.68 Å². The SMILES string of the molecule is COc1ccc(-n2ncc3nc4ccccc4cc3c2=O)cc1. The number of nitrogens with zero attached hydrogens (tertiary/aromatic N) is 3. The number of rotatable bonds is 2. The lowest BCUT2D eigenvalue weighted by atomic mass is 10.1. The number of ether oxygens (including phenoxy) is 1. The molecule has 2 aromatic carbocycles. The summed E-state index contributed by atoms with van der Waals surface area (Å²) in [5.41, 5.74) is 1.94. The highest BCUT2D eigenvalue weighted by Gasteiger charge is 2.08. The summed E-state index contributed by atoms with van der Waals surface area (Å²) in [4.78, 5) is 17.3. The van der Waals surface area contributed by atoms with Crippen LogP contribution in [-0.2, 0) is 0 Å². The van der Waals surface area contributed by atoms with Gasteiger partial charge in [0.05, 0.1) is 35.4 Å². The molecule has 0 saturated heterocycles. The summed E-state index contributed by atoms with van der Waals surface area (Å²) < 4.78 is 6.51. The molecular formula is C18H13N3O2. The maximum atomic E-state index is 12.8. The fourth-order valence-electron chi connectivity index (χ4n) is 2.59. The molecule has 0 radical (unpaired) electrons. The van der Waals surface area contributed by atoms with Gasteiger partial charge in [-0.05, 0) is 36.4 Å². The zero-order valence-electron chi connectivity index (χ0n) is 12.4. The molecule has 0 unspecified atom stereocenters. The molecule has 0 aliphatic heterocycles. The molecule has 0 spiro atoms. The average molecular weight is 303 g/mol. The molecule has 0 aliphatic carbocycles. The Morgan fingerprint density at radius 2 is 1.78 bits per heavy atom. The average Bonchev–Trinajstić information content (AvgIpc) is 2.61. The number of aromatic nitrogens is 3. The predicted molar refractivity (Wildman–Crippen MR) is 89.2 cm³/mol. The molecule has 0 N–H and O–H groups in total. The first kappa shape index (κ1) is 13.5. The van der Waals surface area contributed by atoms with E-state index in [1.54, 1.807) is 37.6 Å². The van der Waals surface area contributed by atoms with Gasteiger partial charge in [0, 0.05) is 5.39 Å². The van der Waals surface area contributed by atoms with Crippen LogP contribution in [0.4, 0.5) is 0 Å². The highest BCUT2D eigenvalue weighted by Crippen LogP contribution is 2.17. The molecule has 2 heterocycles. The van der Waals surface area contributed by atoms with Gasteiger partial charge < -0.3 is 4.74 Å². The third-order valence-corrected chi connectivity index (χ3v) is 3.79. The molecule has 2 aromatic heterocycles. The lowest BCUT2D eigenvalue weighted by Crippen LogP contribution is -2.21. The van der Waals surface area contributed by atoms with Crippen LogP contribution in [0.15, 0.2) is 65.6 Å². The van der Waals surface area contributed by atoms with E-state index in [9.17, 15) is 4.79 Å². The van der Waals surface area contributed by atoms with Gasteiger partial charge in [0.25, 0.3) is 5.56 Å². The number of fused-ring (bicyclic) bond motifs is 2. The van der Waals surface area contributed by atoms with Crippen LogP contribution in [0, 0.1) is 0 Å². The minimum atomic E-state index is -0.189. The Hall–Kier alpha value is -3.21. The number of hydrogen-bond acceptors (Lipinski definition) is 4. The Labute approximate surface area is 131 Å². The van der Waals surface area contributed by atoms with Gasteiger partial charge in [-0.15, -0.1) is 0 Å². The molecule has 5 nitrogen and oxygen atoms in total. The summed E-state index contributed by atoms with van der Waals surface area (Å²) in [6.07, 6.45) is 1.62. The molecule has 0 aliphatic rings. The molecule has 0 bridgehead atoms. The Kier molecular flexibility index (Phi) is 3.05. The minimum Gasteiger partial charge on any atom is -0.497 e. The maximum Gasteiger partial charge on any atom is 0.280 e. The van der Waals surface area contributed by atoms with Crippen molar-refractivity contribution in [3.8, 4) is 11.4 Å². The highest BCUT2D eigenvalue weighted by molar-refractivity contribution is 5.91. The smallest absolute Gasteiger partial charge is 0.280 e. The molecule has 0 atom stereocenters. The van der Waals surface area contributed by atoms with Crippen molar-refractivity contribution < 1.29 is 4.74 Å². The molecule has 23 heavy (non-hydrogen) atoms. The van der Waals surface area contributed by atoms with Crippen LogP contribution in [0.5, 0.6) is 5.75 Å². The van der Waals surface area contributed by atoms with Crippen molar-refractivity contribution in [1.82, 2.24) is 14.8 Å². The number of benzene rings is 2. The van der Waals surface area contributed by atoms with Gasteiger partial charge >= 0.3 is 0 Å². The monoisotopic (exact) mass is 303 g/mol. The second kappa shape index (κ2) is 5.21. The quantitative estimate of drug-likeness (QED) is 0.534. The molecule has 0 amide bonds. The highest BCUT2D eigenvalue weighted by atomic mass is 16.5. The zero-order chi connectivity index (χ0) is 15.8. The molecule has 112 valence electrons. The van der Waals surface area contributed by atoms with Crippen LogP contribution in [-0.4, -0.2) is 21.9 Å². The number of methoxy groups -OCH3 is 1. The van der Waals surface area contributed by atoms with Gasteiger partial charge in [-0.1, -0.05) is 18.2 Å². The van der Waals surface area contributed by atoms with Crippen molar-refractivity contribution in [2.75, 3.05) is 7.11 Å². The number of pyridine rings is 1. The van der Waals surface area contributed by atoms with Crippen LogP contribution in [0.2, 0.25) is 0 Å². The Morgan fingerprint density at radius 3 is 2.57 bits per heavy atom. The topological polar surface area (TPSA) is 57.0 Å². The summed E-state index contributed by atoms with van der Waals surface area (Å²) in [5, 5.41) is 5.73. The summed E-state index contributed by atoms with van der Waals surface area (Å²) in [6.45, 7) is 0. The number of hydrogen-bond donors (Lipinski definition) is 0. The largest absolute Gasteiger partial charge is 0.497 e. The predicted octanol–water partition coefficient (Wildman–Crippen LogP) is 2.94. The molecule has 4 aromatic rings. The lowest BCUT2D eigenvalue weighted by Gasteiger charge is -2.07. The number of para-hydroxylation sites is 1. The summed E-state index contributed by atoms with van der Waals surface area (Å²) in [7, 11) is 1.60. The fourth-order valence-corrected chi connectivity index (χ4v) is 2.59. The lowest BCUT2D eigenvalue weighted by molar-refractivity contribution is 0.414. The van der Waals surface area contributed by atoms with E-state index in [2.05, 4.69) is 10.1 Å². The molecule has 5 heteroatoms. The van der Waals surface area contributed by atoms with Crippen molar-refractivity contribution in [2.24, 2.45) is 0 Å². The van der Waals surface area contributed by atoms with Crippen molar-refractivity contribution in [3.63, 3.8) is 0 Å². The van der Waals surface area contributed by atoms with Crippen molar-refractivity contribution >= 4 is 21.8 Å². The molecule has 0 fully saturated rings. The van der Waals surface area contributed by atoms with Crippen molar-refractivity contribution in [3.05, 3.63) is 71.1 Å². The van der Waals surface area contributed by atoms with E-state index in [1.807, 2.05) is 30.3 Å². The van der Waals surface area contributed by atoms with Gasteiger partial charge in [-0.2, -0.15) is 9.78 Å². The summed E-state index contributed by atoms with van der Waals surface area (Å²) >= 11 is 0. The van der Waals surface area contributed by atoms with Crippen molar-refractivity contribution in [2.45, 2.75) is 0 Å². The second-order valence-electron chi connectivity index (χ2n) is 5.17. The minimum absolute atomic E-state index is 0.189. The van der Waals surface area contributed by atoms with E-state index in [4.69, 9.17) is 4.74 Å². The van der Waals surface area contributed by atoms with Crippen molar-refractivity contribution in [1.29, 1.82) is 0 Å². The van der Waals surface area contributed by atoms with E-state index >= 15 is 0 Å². The van der Waals surface area contributed by atoms with E-state index in [0.717, 1.165) is 16.7 Å². The summed E-state index contributed by atoms with van der Waals surface area (Å²) in [5.74, 6) is 0.732. The Balaban J connectivity index is 1.95. The van der Waals surface area contributed by atoms with Gasteiger partial charge in [0.2, 0.25) is 0 Å². The maximum absolute atomic E-state index is 12.8. The molecule has 0 saturated carbocycles. The summed E-state index contributed by atoms with van der Waals surface area (Å²) in [6, 6.07) is 16.8. The third-order valence-electron chi connectivity index (χ3n) is 3.79. The van der Waals surface area contributed by atoms with Crippen LogP contribution >= 0.6 is 0 Å². The normalized spacial score (nSPS) is 11.0. The standard InChI is InChI=1S/C18H13N3O2/c1-23-14-8-6-13(7-9-14)21-18(22)15-10-12-4-2-3-5-16(12)20-17(15)11-19-21/h2-11H,1H3. The van der Waals surface area contributed by atoms with E-state index < -0.39 is 0 Å². The van der Waals surface area contributed by atoms with Gasteiger partial charge in [0.1, 0.15) is 5.75 Å². The fraction of sp³-hybridized carbons (Fsp3) is 0.0556. The first-order chi connectivity index (χ1) is 11.3. The van der Waals surface area contributed by atoms with Crippen LogP contribution in [0.1, 0.15) is 0 Å². The molecular weight excluding hydrogens is 290 g/mol. The van der Waals surface area contributed by atoms with Crippen LogP contribution in [0.3, 0.4) is 0 Å². The first-order valence-corrected chi connectivity index (χ1v) is 7.18. The van der Waals surface area contributed by atoms with Gasteiger partial charge in [0.15, 0.2) is 0 Å². The van der Waals surface area contributed by atoms with Gasteiger partial charge in [-0.3, -0.25) is 4.79 Å².